The summed E-state index contributed by atoms with van der Waals surface area (Å²) in [6.07, 6.45) is 6.54. The van der Waals surface area contributed by atoms with Crippen molar-refractivity contribution >= 4 is 41.3 Å². The number of nitro benzene ring substituents is 1. The highest BCUT2D eigenvalue weighted by atomic mass is 16.6. The number of ether oxygens (including phenoxy) is 6. The van der Waals surface area contributed by atoms with Crippen LogP contribution in [0.15, 0.2) is 144 Å². The number of aromatic nitrogens is 6. The number of hydrogen-bond donors (Lipinski definition) is 5. The molecule has 534 valence electrons. The Morgan fingerprint density at radius 2 is 0.960 bits per heavy atom. The largest absolute Gasteiger partial charge is 0.459 e. The molecule has 0 unspecified atom stereocenters. The normalized spacial score (nSPS) is 20.2. The smallest absolute Gasteiger partial charge is 0.344 e. The van der Waals surface area contributed by atoms with E-state index in [1.807, 2.05) is 27.7 Å². The van der Waals surface area contributed by atoms with Crippen molar-refractivity contribution in [1.82, 2.24) is 38.9 Å². The number of aliphatic hydroxyl groups is 1. The summed E-state index contributed by atoms with van der Waals surface area (Å²) < 4.78 is 37.6. The summed E-state index contributed by atoms with van der Waals surface area (Å²) in [5.41, 5.74) is -0.379. The summed E-state index contributed by atoms with van der Waals surface area (Å²) in [6.45, 7) is 17.2. The molecule has 0 bridgehead atoms. The number of nitrogens with zero attached hydrogens (tertiary/aromatic N) is 5. The van der Waals surface area contributed by atoms with Gasteiger partial charge in [-0.15, -0.1) is 0 Å². The van der Waals surface area contributed by atoms with Crippen LogP contribution in [0.3, 0.4) is 0 Å². The van der Waals surface area contributed by atoms with Crippen LogP contribution in [0.2, 0.25) is 0 Å². The molecule has 0 aliphatic carbocycles. The number of nitrogens with one attached hydrogen (secondary N) is 4. The molecule has 4 aromatic carbocycles. The number of non-ortho nitro benzene ring substituents is 1. The number of benzene rings is 4. The van der Waals surface area contributed by atoms with Crippen molar-refractivity contribution in [3.8, 4) is 5.75 Å². The minimum Gasteiger partial charge on any atom is -0.459 e. The molecule has 3 aromatic heterocycles. The zero-order chi connectivity index (χ0) is 73.4. The van der Waals surface area contributed by atoms with Crippen molar-refractivity contribution in [2.24, 2.45) is 17.8 Å². The van der Waals surface area contributed by atoms with Crippen LogP contribution in [-0.4, -0.2) is 130 Å². The Morgan fingerprint density at radius 1 is 0.574 bits per heavy atom. The number of nitro groups is 1. The van der Waals surface area contributed by atoms with Crippen LogP contribution in [0.5, 0.6) is 5.75 Å². The minimum atomic E-state index is -0.834. The van der Waals surface area contributed by atoms with Gasteiger partial charge in [-0.1, -0.05) is 70.5 Å². The van der Waals surface area contributed by atoms with Crippen LogP contribution in [0.1, 0.15) is 170 Å². The molecule has 7 heterocycles. The third-order valence-electron chi connectivity index (χ3n) is 17.3. The Balaban J connectivity index is 0.000000182. The van der Waals surface area contributed by atoms with E-state index in [0.717, 1.165) is 25.7 Å². The Bertz CT molecular complexity index is 4520. The van der Waals surface area contributed by atoms with Crippen molar-refractivity contribution in [2.75, 3.05) is 32.9 Å². The molecule has 11 rings (SSSR count). The Kier molecular flexibility index (Phi) is 26.0. The van der Waals surface area contributed by atoms with Crippen molar-refractivity contribution in [2.45, 2.75) is 130 Å². The molecule has 5 N–H and O–H groups in total. The van der Waals surface area contributed by atoms with Gasteiger partial charge >= 0.3 is 35.0 Å². The number of esters is 3. The molecule has 0 saturated carbocycles. The summed E-state index contributed by atoms with van der Waals surface area (Å²) in [5, 5.41) is 22.7. The number of amides is 3. The van der Waals surface area contributed by atoms with E-state index in [2.05, 4.69) is 27.2 Å². The second-order valence-electron chi connectivity index (χ2n) is 24.7. The van der Waals surface area contributed by atoms with E-state index in [1.54, 1.807) is 81.4 Å². The number of hydrogen-bond acceptors (Lipinski definition) is 21. The summed E-state index contributed by atoms with van der Waals surface area (Å²) >= 11 is 0. The molecule has 101 heavy (non-hydrogen) atoms. The number of aromatic amines is 3. The number of unbranched alkanes of at least 4 members (excludes halogenated alkanes) is 2. The Hall–Kier alpha value is -11.0. The number of carbonyl (C=O) groups excluding carboxylic acids is 6. The summed E-state index contributed by atoms with van der Waals surface area (Å²) in [4.78, 5) is 163. The zero-order valence-corrected chi connectivity index (χ0v) is 56.7. The monoisotopic (exact) mass is 1390 g/mol. The van der Waals surface area contributed by atoms with Gasteiger partial charge in [0.05, 0.1) is 76.6 Å². The first kappa shape index (κ1) is 75.8. The van der Waals surface area contributed by atoms with E-state index >= 15 is 0 Å². The molecule has 3 saturated heterocycles. The van der Waals surface area contributed by atoms with Crippen LogP contribution < -0.4 is 43.8 Å². The first-order valence-electron chi connectivity index (χ1n) is 32.8. The van der Waals surface area contributed by atoms with Gasteiger partial charge in [-0.25, -0.2) is 28.8 Å². The number of aliphatic hydroxyl groups excluding tert-OH is 1. The highest BCUT2D eigenvalue weighted by Crippen LogP contribution is 2.35. The molecular weight excluding hydrogens is 1310 g/mol. The van der Waals surface area contributed by atoms with Gasteiger partial charge in [0.2, 0.25) is 0 Å². The number of aryl methyl sites for hydroxylation is 3. The van der Waals surface area contributed by atoms with Gasteiger partial charge in [-0.2, -0.15) is 0 Å². The highest BCUT2D eigenvalue weighted by molar-refractivity contribution is 6.21. The lowest BCUT2D eigenvalue weighted by atomic mass is 10.0. The molecule has 30 heteroatoms. The molecule has 4 aliphatic rings. The summed E-state index contributed by atoms with van der Waals surface area (Å²) in [6, 6.07) is 24.3. The first-order valence-corrected chi connectivity index (χ1v) is 32.8. The van der Waals surface area contributed by atoms with Gasteiger partial charge < -0.3 is 38.8 Å². The Labute approximate surface area is 577 Å². The topological polar surface area (TPSA) is 401 Å². The molecule has 4 aliphatic heterocycles. The standard InChI is InChI=1S/C25H23N3O9.C23H29N3O6.C12H12NO2.C11H16N2O4/c1-14-11-21(27-12-15(2)22(29)26-25(27)32)37-20(14)13-35-23(30)18-5-3-4-6-19(18)24(31)36-17-9-7-16(8-10-17)28(33)34;1-4-5-10-24-21(28)16-8-6-7-9-17(16)22(29)31-13-18-14(2)11-19(32-18)26-12-15(3)20(27)25-23(26)30;1-2-3-8-13-11(14)9-6-4-5-7-10(9)12(13)15;1-6-3-9(17-8(6)5-14)13-4-7(2)10(15)12-11(13)16/h3-10,12,14,20-21H,11,13H2,1-2H3,(H,26,29,32);6-9,12,14,18-19H,4-5,10-11,13H2,1-3H3,(H,24,28)(H,25,27,30);4-7H,1-3,8H2;4,6,8-9,14H,3,5H2,1-2H3,(H,12,15,16)/q;;+1;/t14-,20-,21-;14-,18-,19-;;6-,8-,9-/m11.1/s1. The van der Waals surface area contributed by atoms with Crippen molar-refractivity contribution in [3.63, 3.8) is 0 Å². The lowest BCUT2D eigenvalue weighted by Crippen LogP contribution is -2.33. The molecular formula is C71H80N9O21+. The SMILES string of the molecule is CCCCNC(=O)c1ccccc1C(=O)OC[C@H]1O[C@@H](n2cc(C)c(=O)[nH]c2=O)C[C@H]1C.Cc1cn([C@H]2C[C@@H](C)[C@@H](CO)O2)c(=O)[nH]c1=O.Cc1cn([C@H]2C[C@@H](C)[C@@H](COC(=O)c3ccccc3C(=O)Oc3ccc([N+](=O)[O-])cc3)O2)c(=O)[nH]c1=O.[CH2+]CCCN1C(=O)c2ccccc2C1=O. The van der Waals surface area contributed by atoms with E-state index < -0.39 is 81.9 Å². The number of rotatable bonds is 20. The maximum Gasteiger partial charge on any atom is 0.344 e. The maximum absolute atomic E-state index is 12.8. The predicted octanol–water partition coefficient (Wildman–Crippen LogP) is 6.57. The van der Waals surface area contributed by atoms with E-state index in [4.69, 9.17) is 33.5 Å². The van der Waals surface area contributed by atoms with Crippen LogP contribution in [0.25, 0.3) is 0 Å². The third-order valence-corrected chi connectivity index (χ3v) is 17.3. The molecule has 3 amide bonds. The van der Waals surface area contributed by atoms with Crippen LogP contribution in [0.4, 0.5) is 5.69 Å². The molecule has 30 nitrogen and oxygen atoms in total. The van der Waals surface area contributed by atoms with Gasteiger partial charge in [0.25, 0.3) is 40.1 Å². The first-order chi connectivity index (χ1) is 48.2. The average Bonchev–Trinajstić information content (AvgIpc) is 1.66. The van der Waals surface area contributed by atoms with Crippen LogP contribution in [0, 0.1) is 55.6 Å². The molecule has 3 fully saturated rings. The predicted molar refractivity (Wildman–Crippen MR) is 363 cm³/mol. The fraction of sp³-hybridized carbons (Fsp3) is 0.394. The van der Waals surface area contributed by atoms with Crippen molar-refractivity contribution < 1.29 is 67.2 Å². The van der Waals surface area contributed by atoms with Crippen LogP contribution >= 0.6 is 0 Å². The minimum absolute atomic E-state index is 0.0134. The second kappa shape index (κ2) is 34.7. The van der Waals surface area contributed by atoms with Gasteiger partial charge in [0, 0.05) is 66.9 Å². The molecule has 9 atom stereocenters. The van der Waals surface area contributed by atoms with Gasteiger partial charge in [-0.3, -0.25) is 72.4 Å². The van der Waals surface area contributed by atoms with E-state index in [0.29, 0.717) is 60.2 Å². The van der Waals surface area contributed by atoms with Crippen LogP contribution in [-0.2, 0) is 23.7 Å². The Morgan fingerprint density at radius 3 is 1.36 bits per heavy atom. The van der Waals surface area contributed by atoms with Gasteiger partial charge in [0.1, 0.15) is 37.6 Å². The van der Waals surface area contributed by atoms with Gasteiger partial charge in [-0.05, 0) is 113 Å². The number of imide groups is 1. The van der Waals surface area contributed by atoms with Crippen molar-refractivity contribution in [3.05, 3.63) is 245 Å². The fourth-order valence-corrected chi connectivity index (χ4v) is 11.3. The summed E-state index contributed by atoms with van der Waals surface area (Å²) in [7, 11) is 0. The number of fused-ring (bicyclic) bond motifs is 1. The second-order valence-corrected chi connectivity index (χ2v) is 24.7. The summed E-state index contributed by atoms with van der Waals surface area (Å²) in [5.74, 6) is -2.68. The lowest BCUT2D eigenvalue weighted by Gasteiger charge is -2.17. The van der Waals surface area contributed by atoms with E-state index in [-0.39, 0.29) is 101 Å². The third kappa shape index (κ3) is 18.9. The number of carbonyl (C=O) groups is 6. The lowest BCUT2D eigenvalue weighted by molar-refractivity contribution is -0.384. The average molecular weight is 1400 g/mol. The fourth-order valence-electron chi connectivity index (χ4n) is 11.3. The van der Waals surface area contributed by atoms with E-state index in [9.17, 15) is 67.6 Å². The zero-order valence-electron chi connectivity index (χ0n) is 56.7. The van der Waals surface area contributed by atoms with Crippen molar-refractivity contribution in [1.29, 1.82) is 0 Å². The highest BCUT2D eigenvalue weighted by Gasteiger charge is 2.38. The molecule has 0 radical (unpaired) electrons. The molecule has 0 spiro atoms. The van der Waals surface area contributed by atoms with Gasteiger partial charge in [0.15, 0.2) is 0 Å². The molecule has 7 aromatic rings. The maximum atomic E-state index is 12.8. The number of H-pyrrole nitrogens is 3. The van der Waals surface area contributed by atoms with E-state index in [1.165, 1.54) is 73.6 Å². The quantitative estimate of drug-likeness (QED) is 0.0102.